The van der Waals surface area contributed by atoms with Crippen molar-refractivity contribution in [2.24, 2.45) is 0 Å². The zero-order valence-electron chi connectivity index (χ0n) is 9.56. The molecule has 1 aromatic carbocycles. The van der Waals surface area contributed by atoms with Gasteiger partial charge in [0.15, 0.2) is 0 Å². The second-order valence-electron chi connectivity index (χ2n) is 4.18. The maximum absolute atomic E-state index is 9.89. The van der Waals surface area contributed by atoms with Crippen molar-refractivity contribution >= 4 is 11.8 Å². The van der Waals surface area contributed by atoms with Crippen molar-refractivity contribution in [2.45, 2.75) is 41.9 Å². The van der Waals surface area contributed by atoms with Crippen molar-refractivity contribution in [2.75, 3.05) is 7.11 Å². The first-order valence-corrected chi connectivity index (χ1v) is 6.66. The molecule has 2 nitrogen and oxygen atoms in total. The summed E-state index contributed by atoms with van der Waals surface area (Å²) >= 11 is 1.79. The Balaban J connectivity index is 1.96. The summed E-state index contributed by atoms with van der Waals surface area (Å²) in [5.41, 5.74) is 0. The van der Waals surface area contributed by atoms with Gasteiger partial charge in [0.25, 0.3) is 0 Å². The van der Waals surface area contributed by atoms with E-state index in [4.69, 9.17) is 4.74 Å². The van der Waals surface area contributed by atoms with Crippen LogP contribution < -0.4 is 4.74 Å². The Morgan fingerprint density at radius 2 is 1.88 bits per heavy atom. The molecule has 2 atom stereocenters. The van der Waals surface area contributed by atoms with Gasteiger partial charge in [-0.2, -0.15) is 0 Å². The molecule has 1 aliphatic rings. The Morgan fingerprint density at radius 3 is 2.50 bits per heavy atom. The van der Waals surface area contributed by atoms with E-state index in [1.807, 2.05) is 12.1 Å². The molecule has 0 amide bonds. The predicted molar refractivity (Wildman–Crippen MR) is 67.1 cm³/mol. The number of thioether (sulfide) groups is 1. The molecule has 0 aromatic heterocycles. The lowest BCUT2D eigenvalue weighted by molar-refractivity contribution is 0.137. The fraction of sp³-hybridized carbons (Fsp3) is 0.538. The summed E-state index contributed by atoms with van der Waals surface area (Å²) in [6, 6.07) is 8.06. The van der Waals surface area contributed by atoms with E-state index in [0.717, 1.165) is 18.6 Å². The molecule has 1 aliphatic carbocycles. The standard InChI is InChI=1S/C13H18O2S/c1-15-10-6-8-11(9-7-10)16-13-5-3-2-4-12(13)14/h6-9,12-14H,2-5H2,1H3/t12-,13-/m1/s1. The number of hydrogen-bond donors (Lipinski definition) is 1. The zero-order chi connectivity index (χ0) is 11.4. The number of ether oxygens (including phenoxy) is 1. The molecule has 0 radical (unpaired) electrons. The first kappa shape index (κ1) is 11.8. The quantitative estimate of drug-likeness (QED) is 0.877. The molecule has 1 N–H and O–H groups in total. The third-order valence-corrected chi connectivity index (χ3v) is 4.41. The molecule has 0 bridgehead atoms. The Hall–Kier alpha value is -0.670. The molecule has 1 saturated carbocycles. The predicted octanol–water partition coefficient (Wildman–Crippen LogP) is 3.09. The Bertz CT molecular complexity index is 323. The first-order valence-electron chi connectivity index (χ1n) is 5.78. The van der Waals surface area contributed by atoms with Crippen molar-refractivity contribution in [3.8, 4) is 5.75 Å². The second-order valence-corrected chi connectivity index (χ2v) is 5.50. The Morgan fingerprint density at radius 1 is 1.19 bits per heavy atom. The molecular formula is C13H18O2S. The molecule has 0 heterocycles. The second kappa shape index (κ2) is 5.60. The van der Waals surface area contributed by atoms with Gasteiger partial charge in [0.05, 0.1) is 13.2 Å². The van der Waals surface area contributed by atoms with Crippen LogP contribution in [0.4, 0.5) is 0 Å². The minimum atomic E-state index is -0.138. The van der Waals surface area contributed by atoms with Crippen molar-refractivity contribution in [1.82, 2.24) is 0 Å². The van der Waals surface area contributed by atoms with Gasteiger partial charge in [0.2, 0.25) is 0 Å². The number of methoxy groups -OCH3 is 1. The van der Waals surface area contributed by atoms with E-state index >= 15 is 0 Å². The average Bonchev–Trinajstić information content (AvgIpc) is 2.33. The maximum Gasteiger partial charge on any atom is 0.118 e. The van der Waals surface area contributed by atoms with E-state index in [9.17, 15) is 5.11 Å². The molecular weight excluding hydrogens is 220 g/mol. The van der Waals surface area contributed by atoms with Crippen LogP contribution in [0.5, 0.6) is 5.75 Å². The van der Waals surface area contributed by atoms with Crippen LogP contribution >= 0.6 is 11.8 Å². The Labute approximate surface area is 101 Å². The summed E-state index contributed by atoms with van der Waals surface area (Å²) in [6.07, 6.45) is 4.35. The van der Waals surface area contributed by atoms with Crippen molar-refractivity contribution in [3.05, 3.63) is 24.3 Å². The molecule has 16 heavy (non-hydrogen) atoms. The topological polar surface area (TPSA) is 29.5 Å². The van der Waals surface area contributed by atoms with Crippen molar-refractivity contribution in [1.29, 1.82) is 0 Å². The van der Waals surface area contributed by atoms with Crippen LogP contribution in [0.1, 0.15) is 25.7 Å². The molecule has 0 unspecified atom stereocenters. The molecule has 1 aromatic rings. The SMILES string of the molecule is COc1ccc(S[C@@H]2CCCC[C@H]2O)cc1. The van der Waals surface area contributed by atoms with Crippen LogP contribution in [-0.4, -0.2) is 23.6 Å². The summed E-state index contributed by atoms with van der Waals surface area (Å²) in [6.45, 7) is 0. The van der Waals surface area contributed by atoms with Crippen LogP contribution in [0.3, 0.4) is 0 Å². The van der Waals surface area contributed by atoms with Crippen molar-refractivity contribution < 1.29 is 9.84 Å². The summed E-state index contributed by atoms with van der Waals surface area (Å²) in [5.74, 6) is 0.883. The highest BCUT2D eigenvalue weighted by Gasteiger charge is 2.23. The summed E-state index contributed by atoms with van der Waals surface area (Å²) < 4.78 is 5.12. The molecule has 1 fully saturated rings. The lowest BCUT2D eigenvalue weighted by atomic mass is 9.97. The summed E-state index contributed by atoms with van der Waals surface area (Å²) in [5, 5.41) is 10.2. The number of hydrogen-bond acceptors (Lipinski definition) is 3. The van der Waals surface area contributed by atoms with E-state index in [-0.39, 0.29) is 6.10 Å². The smallest absolute Gasteiger partial charge is 0.118 e. The van der Waals surface area contributed by atoms with Crippen LogP contribution in [0.15, 0.2) is 29.2 Å². The molecule has 0 aliphatic heterocycles. The summed E-state index contributed by atoms with van der Waals surface area (Å²) in [4.78, 5) is 1.21. The van der Waals surface area contributed by atoms with Gasteiger partial charge in [-0.3, -0.25) is 0 Å². The highest BCUT2D eigenvalue weighted by atomic mass is 32.2. The van der Waals surface area contributed by atoms with Crippen molar-refractivity contribution in [3.63, 3.8) is 0 Å². The van der Waals surface area contributed by atoms with E-state index in [1.54, 1.807) is 18.9 Å². The maximum atomic E-state index is 9.89. The molecule has 3 heteroatoms. The fourth-order valence-corrected chi connectivity index (χ4v) is 3.26. The lowest BCUT2D eigenvalue weighted by Crippen LogP contribution is -2.26. The number of rotatable bonds is 3. The fourth-order valence-electron chi connectivity index (χ4n) is 2.04. The monoisotopic (exact) mass is 238 g/mol. The van der Waals surface area contributed by atoms with Gasteiger partial charge in [0, 0.05) is 10.1 Å². The minimum absolute atomic E-state index is 0.138. The largest absolute Gasteiger partial charge is 0.497 e. The number of benzene rings is 1. The van der Waals surface area contributed by atoms with Gasteiger partial charge in [-0.1, -0.05) is 12.8 Å². The van der Waals surface area contributed by atoms with Crippen LogP contribution in [-0.2, 0) is 0 Å². The number of aliphatic hydroxyl groups is 1. The highest BCUT2D eigenvalue weighted by molar-refractivity contribution is 8.00. The summed E-state index contributed by atoms with van der Waals surface area (Å²) in [7, 11) is 1.67. The average molecular weight is 238 g/mol. The van der Waals surface area contributed by atoms with E-state index in [1.165, 1.54) is 17.7 Å². The lowest BCUT2D eigenvalue weighted by Gasteiger charge is -2.26. The van der Waals surface area contributed by atoms with Crippen LogP contribution in [0.25, 0.3) is 0 Å². The van der Waals surface area contributed by atoms with Gasteiger partial charge in [-0.25, -0.2) is 0 Å². The minimum Gasteiger partial charge on any atom is -0.497 e. The van der Waals surface area contributed by atoms with Gasteiger partial charge >= 0.3 is 0 Å². The van der Waals surface area contributed by atoms with E-state index in [0.29, 0.717) is 5.25 Å². The molecule has 0 saturated heterocycles. The molecule has 2 rings (SSSR count). The number of aliphatic hydroxyl groups excluding tert-OH is 1. The van der Waals surface area contributed by atoms with Crippen LogP contribution in [0.2, 0.25) is 0 Å². The normalized spacial score (nSPS) is 25.4. The zero-order valence-corrected chi connectivity index (χ0v) is 10.4. The first-order chi connectivity index (χ1) is 7.79. The van der Waals surface area contributed by atoms with E-state index < -0.39 is 0 Å². The van der Waals surface area contributed by atoms with Gasteiger partial charge in [-0.05, 0) is 37.1 Å². The molecule has 0 spiro atoms. The third-order valence-electron chi connectivity index (χ3n) is 3.01. The van der Waals surface area contributed by atoms with E-state index in [2.05, 4.69) is 12.1 Å². The van der Waals surface area contributed by atoms with Gasteiger partial charge in [-0.15, -0.1) is 11.8 Å². The van der Waals surface area contributed by atoms with Gasteiger partial charge in [0.1, 0.15) is 5.75 Å². The van der Waals surface area contributed by atoms with Crippen LogP contribution in [0, 0.1) is 0 Å². The van der Waals surface area contributed by atoms with Gasteiger partial charge < -0.3 is 9.84 Å². The molecule has 88 valence electrons. The highest BCUT2D eigenvalue weighted by Crippen LogP contribution is 2.34. The third kappa shape index (κ3) is 2.92. The Kier molecular flexibility index (Phi) is 4.13.